The number of amides is 3. The predicted molar refractivity (Wildman–Crippen MR) is 151 cm³/mol. The number of rotatable bonds is 5. The Bertz CT molecular complexity index is 1690. The van der Waals surface area contributed by atoms with Crippen molar-refractivity contribution < 1.29 is 18.0 Å². The molecule has 39 heavy (non-hydrogen) atoms. The average molecular weight is 552 g/mol. The van der Waals surface area contributed by atoms with Crippen LogP contribution >= 0.6 is 0 Å². The summed E-state index contributed by atoms with van der Waals surface area (Å²) in [5.41, 5.74) is 6.35. The van der Waals surface area contributed by atoms with Crippen LogP contribution in [0.2, 0.25) is 0 Å². The number of nitrogens with zero attached hydrogens (tertiary/aromatic N) is 4. The molecular formula is C27H33N7O4S. The van der Waals surface area contributed by atoms with Crippen LogP contribution in [0.5, 0.6) is 0 Å². The minimum absolute atomic E-state index is 0.0799. The van der Waals surface area contributed by atoms with Crippen LogP contribution in [0.3, 0.4) is 0 Å². The van der Waals surface area contributed by atoms with Crippen molar-refractivity contribution in [2.45, 2.75) is 58.8 Å². The molecule has 0 fully saturated rings. The summed E-state index contributed by atoms with van der Waals surface area (Å²) in [6, 6.07) is 9.25. The highest BCUT2D eigenvalue weighted by atomic mass is 32.2. The summed E-state index contributed by atoms with van der Waals surface area (Å²) < 4.78 is 28.2. The zero-order valence-corrected chi connectivity index (χ0v) is 24.1. The number of hydrogen-bond acceptors (Lipinski definition) is 6. The van der Waals surface area contributed by atoms with Crippen molar-refractivity contribution in [3.8, 4) is 11.4 Å². The standard InChI is InChI=1S/C27H33N7O4S/c1-15-13-16(2)24(17(3)23(15)25-30-29-22-14-21(27(5,6)7)31-34(22)25)28-26(36)33(8)19-9-11-20(12-10-19)39(37,38)32-18(4)35/h9-14,31H,1-8H3,(H,28,36)(H,32,35). The van der Waals surface area contributed by atoms with Gasteiger partial charge in [0.2, 0.25) is 5.91 Å². The summed E-state index contributed by atoms with van der Waals surface area (Å²) in [6.07, 6.45) is 0. The third kappa shape index (κ3) is 5.37. The first-order valence-corrected chi connectivity index (χ1v) is 13.8. The highest BCUT2D eigenvalue weighted by Crippen LogP contribution is 2.35. The van der Waals surface area contributed by atoms with Crippen LogP contribution in [0.1, 0.15) is 50.1 Å². The first-order valence-electron chi connectivity index (χ1n) is 12.3. The number of urea groups is 1. The molecule has 0 aliphatic heterocycles. The first-order chi connectivity index (χ1) is 18.1. The minimum Gasteiger partial charge on any atom is -0.307 e. The Hall–Kier alpha value is -4.19. The average Bonchev–Trinajstić information content (AvgIpc) is 3.42. The van der Waals surface area contributed by atoms with Crippen molar-refractivity contribution in [1.82, 2.24) is 24.5 Å². The minimum atomic E-state index is -3.97. The van der Waals surface area contributed by atoms with Crippen LogP contribution in [0.15, 0.2) is 41.3 Å². The highest BCUT2D eigenvalue weighted by molar-refractivity contribution is 7.90. The zero-order chi connectivity index (χ0) is 28.9. The molecule has 0 aliphatic rings. The number of aromatic amines is 1. The van der Waals surface area contributed by atoms with E-state index in [0.717, 1.165) is 34.9 Å². The SMILES string of the molecule is CC(=O)NS(=O)(=O)c1ccc(N(C)C(=O)Nc2c(C)cc(C)c(-c3nnc4cc(C(C)(C)C)[nH]n34)c2C)cc1. The maximum Gasteiger partial charge on any atom is 0.326 e. The van der Waals surface area contributed by atoms with Gasteiger partial charge in [-0.25, -0.2) is 22.4 Å². The molecule has 3 N–H and O–H groups in total. The lowest BCUT2D eigenvalue weighted by molar-refractivity contribution is -0.117. The normalized spacial score (nSPS) is 12.0. The third-order valence-electron chi connectivity index (χ3n) is 6.55. The molecular weight excluding hydrogens is 518 g/mol. The van der Waals surface area contributed by atoms with Crippen LogP contribution in [0.4, 0.5) is 16.2 Å². The number of carbonyl (C=O) groups excluding carboxylic acids is 2. The smallest absolute Gasteiger partial charge is 0.307 e. The van der Waals surface area contributed by atoms with E-state index in [9.17, 15) is 18.0 Å². The molecule has 4 aromatic rings. The number of anilines is 2. The Morgan fingerprint density at radius 2 is 1.64 bits per heavy atom. The Balaban J connectivity index is 1.65. The molecule has 206 valence electrons. The molecule has 2 aromatic carbocycles. The van der Waals surface area contributed by atoms with E-state index in [1.807, 2.05) is 42.1 Å². The van der Waals surface area contributed by atoms with E-state index in [1.54, 1.807) is 7.05 Å². The van der Waals surface area contributed by atoms with E-state index >= 15 is 0 Å². The third-order valence-corrected chi connectivity index (χ3v) is 8.00. The van der Waals surface area contributed by atoms with Gasteiger partial charge in [-0.2, -0.15) is 0 Å². The lowest BCUT2D eigenvalue weighted by Crippen LogP contribution is -2.32. The van der Waals surface area contributed by atoms with E-state index in [-0.39, 0.29) is 10.3 Å². The quantitative estimate of drug-likeness (QED) is 0.335. The Morgan fingerprint density at radius 3 is 2.23 bits per heavy atom. The lowest BCUT2D eigenvalue weighted by Gasteiger charge is -2.22. The number of H-pyrrole nitrogens is 1. The molecule has 0 spiro atoms. The fraction of sp³-hybridized carbons (Fsp3) is 0.333. The molecule has 2 heterocycles. The molecule has 0 unspecified atom stereocenters. The number of carbonyl (C=O) groups is 2. The van der Waals surface area contributed by atoms with Crippen LogP contribution in [-0.4, -0.2) is 47.2 Å². The van der Waals surface area contributed by atoms with Gasteiger partial charge in [-0.1, -0.05) is 26.8 Å². The fourth-order valence-electron chi connectivity index (χ4n) is 4.46. The number of benzene rings is 2. The summed E-state index contributed by atoms with van der Waals surface area (Å²) in [6.45, 7) is 13.3. The second kappa shape index (κ2) is 9.84. The van der Waals surface area contributed by atoms with Gasteiger partial charge in [0.25, 0.3) is 10.0 Å². The van der Waals surface area contributed by atoms with Gasteiger partial charge in [-0.15, -0.1) is 10.2 Å². The second-order valence-electron chi connectivity index (χ2n) is 10.7. The highest BCUT2D eigenvalue weighted by Gasteiger charge is 2.24. The summed E-state index contributed by atoms with van der Waals surface area (Å²) in [5, 5.41) is 15.2. The van der Waals surface area contributed by atoms with Crippen molar-refractivity contribution >= 4 is 39.0 Å². The Morgan fingerprint density at radius 1 is 1.00 bits per heavy atom. The number of fused-ring (bicyclic) bond motifs is 1. The van der Waals surface area contributed by atoms with Gasteiger partial charge < -0.3 is 5.32 Å². The topological polar surface area (TPSA) is 142 Å². The van der Waals surface area contributed by atoms with Gasteiger partial charge in [-0.05, 0) is 61.7 Å². The summed E-state index contributed by atoms with van der Waals surface area (Å²) in [5.74, 6) is -0.0353. The number of nitrogens with one attached hydrogen (secondary N) is 3. The van der Waals surface area contributed by atoms with Gasteiger partial charge >= 0.3 is 6.03 Å². The van der Waals surface area contributed by atoms with Gasteiger partial charge in [0.1, 0.15) is 0 Å². The van der Waals surface area contributed by atoms with Gasteiger partial charge in [-0.3, -0.25) is 14.8 Å². The lowest BCUT2D eigenvalue weighted by atomic mass is 9.93. The van der Waals surface area contributed by atoms with E-state index in [0.29, 0.717) is 22.8 Å². The molecule has 0 saturated carbocycles. The molecule has 0 aliphatic carbocycles. The molecule has 11 nitrogen and oxygen atoms in total. The van der Waals surface area contributed by atoms with Crippen molar-refractivity contribution in [2.24, 2.45) is 0 Å². The van der Waals surface area contributed by atoms with Gasteiger partial charge in [0.15, 0.2) is 11.5 Å². The molecule has 0 radical (unpaired) electrons. The molecule has 0 bridgehead atoms. The Labute approximate surface area is 227 Å². The van der Waals surface area contributed by atoms with Crippen LogP contribution < -0.4 is 14.9 Å². The van der Waals surface area contributed by atoms with E-state index in [2.05, 4.69) is 41.4 Å². The molecule has 3 amide bonds. The van der Waals surface area contributed by atoms with Crippen molar-refractivity contribution in [1.29, 1.82) is 0 Å². The molecule has 2 aromatic heterocycles. The van der Waals surface area contributed by atoms with E-state index < -0.39 is 22.0 Å². The maximum absolute atomic E-state index is 13.3. The fourth-order valence-corrected chi connectivity index (χ4v) is 5.45. The predicted octanol–water partition coefficient (Wildman–Crippen LogP) is 4.44. The number of hydrogen-bond donors (Lipinski definition) is 3. The van der Waals surface area contributed by atoms with Crippen LogP contribution in [-0.2, 0) is 20.2 Å². The molecule has 12 heteroatoms. The monoisotopic (exact) mass is 551 g/mol. The molecule has 0 atom stereocenters. The number of sulfonamides is 1. The van der Waals surface area contributed by atoms with Crippen molar-refractivity contribution in [3.05, 3.63) is 58.8 Å². The summed E-state index contributed by atoms with van der Waals surface area (Å²) in [4.78, 5) is 25.7. The first kappa shape index (κ1) is 27.8. The van der Waals surface area contributed by atoms with Gasteiger partial charge in [0, 0.05) is 48.1 Å². The van der Waals surface area contributed by atoms with Crippen LogP contribution in [0, 0.1) is 20.8 Å². The summed E-state index contributed by atoms with van der Waals surface area (Å²) >= 11 is 0. The Kier molecular flexibility index (Phi) is 7.02. The summed E-state index contributed by atoms with van der Waals surface area (Å²) in [7, 11) is -2.38. The zero-order valence-electron chi connectivity index (χ0n) is 23.3. The molecule has 4 rings (SSSR count). The largest absolute Gasteiger partial charge is 0.326 e. The second-order valence-corrected chi connectivity index (χ2v) is 12.3. The number of aryl methyl sites for hydroxylation is 2. The van der Waals surface area contributed by atoms with Crippen molar-refractivity contribution in [3.63, 3.8) is 0 Å². The number of aromatic nitrogens is 4. The van der Waals surface area contributed by atoms with E-state index in [4.69, 9.17) is 0 Å². The molecule has 0 saturated heterocycles. The maximum atomic E-state index is 13.3. The van der Waals surface area contributed by atoms with Gasteiger partial charge in [0.05, 0.1) is 4.90 Å². The van der Waals surface area contributed by atoms with Crippen molar-refractivity contribution in [2.75, 3.05) is 17.3 Å². The van der Waals surface area contributed by atoms with E-state index in [1.165, 1.54) is 29.2 Å². The van der Waals surface area contributed by atoms with Crippen LogP contribution in [0.25, 0.3) is 17.0 Å².